The molecule has 0 bridgehead atoms. The number of aliphatic hydroxyl groups excluding tert-OH is 1. The Morgan fingerprint density at radius 2 is 1.80 bits per heavy atom. The number of hydrogen-bond donors (Lipinski definition) is 2. The highest BCUT2D eigenvalue weighted by Gasteiger charge is 2.30. The number of carbonyl (C=O) groups excluding carboxylic acids is 1. The summed E-state index contributed by atoms with van der Waals surface area (Å²) in [5.41, 5.74) is -2.93. The Labute approximate surface area is 165 Å². The number of carboxylic acid groups (broad SMARTS) is 1. The maximum atomic E-state index is 14.4. The van der Waals surface area contributed by atoms with Gasteiger partial charge >= 0.3 is 5.97 Å². The highest BCUT2D eigenvalue weighted by atomic mass is 19.1. The number of aliphatic hydroxyl groups is 1. The molecule has 30 heavy (non-hydrogen) atoms. The van der Waals surface area contributed by atoms with E-state index in [4.69, 9.17) is 0 Å². The van der Waals surface area contributed by atoms with Crippen molar-refractivity contribution >= 4 is 28.7 Å². The first-order chi connectivity index (χ1) is 14.2. The van der Waals surface area contributed by atoms with E-state index in [0.29, 0.717) is 22.9 Å². The lowest BCUT2D eigenvalue weighted by Crippen LogP contribution is -2.27. The molecule has 1 atom stereocenters. The molecule has 0 radical (unpaired) electrons. The molecule has 0 saturated carbocycles. The highest BCUT2D eigenvalue weighted by Crippen LogP contribution is 2.26. The number of pyridine rings is 2. The molecule has 2 N–H and O–H groups in total. The molecule has 0 unspecified atom stereocenters. The van der Waals surface area contributed by atoms with Crippen LogP contribution in [0.15, 0.2) is 35.3 Å². The number of carboxylic acids is 1. The number of aromatic nitrogens is 2. The van der Waals surface area contributed by atoms with Gasteiger partial charge < -0.3 is 10.2 Å². The number of carbonyl (C=O) groups is 2. The van der Waals surface area contributed by atoms with E-state index < -0.39 is 52.1 Å². The van der Waals surface area contributed by atoms with E-state index >= 15 is 0 Å². The molecule has 4 rings (SSSR count). The minimum Gasteiger partial charge on any atom is -0.477 e. The van der Waals surface area contributed by atoms with Crippen molar-refractivity contribution in [2.45, 2.75) is 12.5 Å². The van der Waals surface area contributed by atoms with Gasteiger partial charge in [0.05, 0.1) is 24.5 Å². The van der Waals surface area contributed by atoms with E-state index in [1.807, 2.05) is 0 Å². The fraction of sp³-hybridized carbons (Fsp3) is 0.158. The van der Waals surface area contributed by atoms with E-state index in [2.05, 4.69) is 4.98 Å². The van der Waals surface area contributed by atoms with Gasteiger partial charge in [-0.2, -0.15) is 0 Å². The fourth-order valence-corrected chi connectivity index (χ4v) is 3.34. The number of aromatic carboxylic acids is 1. The van der Waals surface area contributed by atoms with Crippen LogP contribution in [0.25, 0.3) is 16.7 Å². The van der Waals surface area contributed by atoms with Crippen molar-refractivity contribution in [2.24, 2.45) is 0 Å². The molecule has 0 spiro atoms. The topological polar surface area (TPSA) is 113 Å². The SMILES string of the molecule is O=C(O)c1cn(-c2c(F)cc(F)cc2F)c2nc(N3C[C@@H](O)CC3=O)ccc2c1=O. The van der Waals surface area contributed by atoms with Gasteiger partial charge in [-0.3, -0.25) is 19.1 Å². The fourth-order valence-electron chi connectivity index (χ4n) is 3.34. The van der Waals surface area contributed by atoms with Crippen LogP contribution in [0, 0.1) is 17.5 Å². The summed E-state index contributed by atoms with van der Waals surface area (Å²) in [7, 11) is 0. The van der Waals surface area contributed by atoms with Gasteiger partial charge in [0.25, 0.3) is 0 Å². The Morgan fingerprint density at radius 3 is 2.37 bits per heavy atom. The quantitative estimate of drug-likeness (QED) is 0.667. The Bertz CT molecular complexity index is 1270. The molecule has 3 aromatic rings. The van der Waals surface area contributed by atoms with Gasteiger partial charge in [0.15, 0.2) is 17.3 Å². The zero-order chi connectivity index (χ0) is 21.7. The van der Waals surface area contributed by atoms with E-state index in [1.165, 1.54) is 12.1 Å². The lowest BCUT2D eigenvalue weighted by Gasteiger charge is -2.18. The standard InChI is InChI=1S/C19H12F3N3O5/c20-8-3-12(21)16(13(22)4-8)25-7-11(19(29)30)17(28)10-1-2-14(23-18(10)25)24-6-9(26)5-15(24)27/h1-4,7,9,26H,5-6H2,(H,29,30)/t9-/m0/s1. The van der Waals surface area contributed by atoms with Crippen LogP contribution in [0.5, 0.6) is 0 Å². The number of amides is 1. The summed E-state index contributed by atoms with van der Waals surface area (Å²) in [6, 6.07) is 3.22. The summed E-state index contributed by atoms with van der Waals surface area (Å²) < 4.78 is 42.9. The molecule has 8 nitrogen and oxygen atoms in total. The van der Waals surface area contributed by atoms with Crippen LogP contribution in [-0.4, -0.2) is 44.3 Å². The van der Waals surface area contributed by atoms with Crippen LogP contribution in [0.1, 0.15) is 16.8 Å². The lowest BCUT2D eigenvalue weighted by molar-refractivity contribution is -0.117. The summed E-state index contributed by atoms with van der Waals surface area (Å²) in [5, 5.41) is 18.7. The van der Waals surface area contributed by atoms with Crippen molar-refractivity contribution in [1.29, 1.82) is 0 Å². The monoisotopic (exact) mass is 419 g/mol. The number of halogens is 3. The third kappa shape index (κ3) is 3.08. The number of fused-ring (bicyclic) bond motifs is 1. The third-order valence-corrected chi connectivity index (χ3v) is 4.67. The van der Waals surface area contributed by atoms with Crippen LogP contribution in [0.4, 0.5) is 19.0 Å². The zero-order valence-electron chi connectivity index (χ0n) is 15.0. The number of rotatable bonds is 3. The average molecular weight is 419 g/mol. The van der Waals surface area contributed by atoms with Gasteiger partial charge in [-0.25, -0.2) is 22.9 Å². The van der Waals surface area contributed by atoms with Gasteiger partial charge in [-0.15, -0.1) is 0 Å². The van der Waals surface area contributed by atoms with Crippen molar-refractivity contribution in [3.8, 4) is 5.69 Å². The molecule has 1 fully saturated rings. The van der Waals surface area contributed by atoms with E-state index in [1.54, 1.807) is 0 Å². The number of hydrogen-bond acceptors (Lipinski definition) is 5. The summed E-state index contributed by atoms with van der Waals surface area (Å²) in [6.45, 7) is -0.0753. The summed E-state index contributed by atoms with van der Waals surface area (Å²) >= 11 is 0. The van der Waals surface area contributed by atoms with Crippen LogP contribution in [0.2, 0.25) is 0 Å². The molecule has 1 saturated heterocycles. The van der Waals surface area contributed by atoms with Crippen LogP contribution < -0.4 is 10.3 Å². The first-order valence-corrected chi connectivity index (χ1v) is 8.60. The molecule has 1 aliphatic heterocycles. The van der Waals surface area contributed by atoms with Gasteiger partial charge in [-0.05, 0) is 12.1 Å². The summed E-state index contributed by atoms with van der Waals surface area (Å²) in [5.74, 6) is -6.00. The average Bonchev–Trinajstić information content (AvgIpc) is 3.00. The van der Waals surface area contributed by atoms with Crippen molar-refractivity contribution < 1.29 is 33.0 Å². The number of anilines is 1. The Balaban J connectivity index is 2.06. The lowest BCUT2D eigenvalue weighted by atomic mass is 10.1. The molecule has 1 aliphatic rings. The maximum absolute atomic E-state index is 14.4. The van der Waals surface area contributed by atoms with Crippen molar-refractivity contribution in [3.05, 3.63) is 63.7 Å². The zero-order valence-corrected chi connectivity index (χ0v) is 15.0. The minimum absolute atomic E-state index is 0.0109. The second-order valence-corrected chi connectivity index (χ2v) is 6.67. The Kier molecular flexibility index (Phi) is 4.54. The number of benzene rings is 1. The largest absolute Gasteiger partial charge is 0.477 e. The first kappa shape index (κ1) is 19.6. The molecule has 3 heterocycles. The van der Waals surface area contributed by atoms with Gasteiger partial charge in [0.2, 0.25) is 11.3 Å². The van der Waals surface area contributed by atoms with E-state index in [0.717, 1.165) is 4.90 Å². The smallest absolute Gasteiger partial charge is 0.341 e. The van der Waals surface area contributed by atoms with Crippen LogP contribution >= 0.6 is 0 Å². The molecule has 2 aromatic heterocycles. The predicted molar refractivity (Wildman–Crippen MR) is 97.2 cm³/mol. The van der Waals surface area contributed by atoms with Crippen molar-refractivity contribution in [2.75, 3.05) is 11.4 Å². The first-order valence-electron chi connectivity index (χ1n) is 8.60. The predicted octanol–water partition coefficient (Wildman–Crippen LogP) is 1.60. The summed E-state index contributed by atoms with van der Waals surface area (Å²) in [4.78, 5) is 41.3. The van der Waals surface area contributed by atoms with Crippen molar-refractivity contribution in [1.82, 2.24) is 9.55 Å². The van der Waals surface area contributed by atoms with Crippen molar-refractivity contribution in [3.63, 3.8) is 0 Å². The molecular weight excluding hydrogens is 407 g/mol. The molecule has 0 aliphatic carbocycles. The number of β-amino-alcohol motifs (C(OH)–C–C–N with tert-alkyl or cyclic N) is 1. The summed E-state index contributed by atoms with van der Waals surface area (Å²) in [6.07, 6.45) is -0.395. The van der Waals surface area contributed by atoms with Gasteiger partial charge in [0, 0.05) is 18.3 Å². The van der Waals surface area contributed by atoms with Crippen LogP contribution in [0.3, 0.4) is 0 Å². The van der Waals surface area contributed by atoms with E-state index in [-0.39, 0.29) is 29.8 Å². The maximum Gasteiger partial charge on any atom is 0.341 e. The number of nitrogens with zero attached hydrogens (tertiary/aromatic N) is 3. The second kappa shape index (κ2) is 6.95. The van der Waals surface area contributed by atoms with Crippen LogP contribution in [-0.2, 0) is 4.79 Å². The third-order valence-electron chi connectivity index (χ3n) is 4.67. The van der Waals surface area contributed by atoms with Gasteiger partial charge in [-0.1, -0.05) is 0 Å². The van der Waals surface area contributed by atoms with E-state index in [9.17, 15) is 37.8 Å². The molecule has 1 aromatic carbocycles. The Hall–Kier alpha value is -3.73. The molecular formula is C19H12F3N3O5. The van der Waals surface area contributed by atoms with Gasteiger partial charge in [0.1, 0.15) is 22.9 Å². The molecule has 11 heteroatoms. The Morgan fingerprint density at radius 1 is 1.13 bits per heavy atom. The molecule has 1 amide bonds. The molecule has 154 valence electrons. The normalized spacial score (nSPS) is 16.5. The second-order valence-electron chi connectivity index (χ2n) is 6.67. The minimum atomic E-state index is -1.64. The highest BCUT2D eigenvalue weighted by molar-refractivity contribution is 5.97.